The van der Waals surface area contributed by atoms with Gasteiger partial charge in [0.05, 0.1) is 12.2 Å². The van der Waals surface area contributed by atoms with Crippen LogP contribution in [0.3, 0.4) is 0 Å². The third kappa shape index (κ3) is 2.79. The Morgan fingerprint density at radius 3 is 2.25 bits per heavy atom. The lowest BCUT2D eigenvalue weighted by atomic mass is 10.2. The number of nitrogens with zero attached hydrogens (tertiary/aromatic N) is 3. The maximum atomic E-state index is 4.39. The highest BCUT2D eigenvalue weighted by atomic mass is 15.5. The van der Waals surface area contributed by atoms with Crippen LogP contribution in [0, 0.1) is 0 Å². The highest BCUT2D eigenvalue weighted by Gasteiger charge is 2.04. The van der Waals surface area contributed by atoms with Crippen LogP contribution in [0.4, 0.5) is 0 Å². The normalized spacial score (nSPS) is 9.69. The maximum Gasteiger partial charge on any atom is 0.113 e. The van der Waals surface area contributed by atoms with Crippen molar-refractivity contribution in [3.05, 3.63) is 49.7 Å². The molecule has 3 heteroatoms. The Morgan fingerprint density at radius 1 is 1.12 bits per heavy atom. The second-order valence-electron chi connectivity index (χ2n) is 3.51. The standard InChI is InChI=1S/C11H13N3.C2H4/c1-9(2)14-12-8-11(13-14)10-6-4-3-5-7-10;1-2/h3-9H,1-2H3;1-2H2. The van der Waals surface area contributed by atoms with E-state index in [0.717, 1.165) is 11.3 Å². The molecule has 0 unspecified atom stereocenters. The van der Waals surface area contributed by atoms with E-state index >= 15 is 0 Å². The molecular formula is C13H17N3. The molecule has 0 aliphatic heterocycles. The number of hydrogen-bond donors (Lipinski definition) is 0. The molecule has 2 rings (SSSR count). The zero-order valence-electron chi connectivity index (χ0n) is 9.80. The average molecular weight is 215 g/mol. The molecule has 2 aromatic rings. The van der Waals surface area contributed by atoms with E-state index in [1.807, 2.05) is 30.3 Å². The number of rotatable bonds is 2. The monoisotopic (exact) mass is 215 g/mol. The topological polar surface area (TPSA) is 30.7 Å². The van der Waals surface area contributed by atoms with E-state index in [9.17, 15) is 0 Å². The predicted molar refractivity (Wildman–Crippen MR) is 67.1 cm³/mol. The summed E-state index contributed by atoms with van der Waals surface area (Å²) in [5.74, 6) is 0. The lowest BCUT2D eigenvalue weighted by Crippen LogP contribution is -2.04. The molecule has 0 saturated heterocycles. The van der Waals surface area contributed by atoms with Gasteiger partial charge < -0.3 is 0 Å². The summed E-state index contributed by atoms with van der Waals surface area (Å²) in [5.41, 5.74) is 2.04. The highest BCUT2D eigenvalue weighted by molar-refractivity contribution is 5.56. The predicted octanol–water partition coefficient (Wildman–Crippen LogP) is 3.33. The van der Waals surface area contributed by atoms with Gasteiger partial charge in [0.2, 0.25) is 0 Å². The van der Waals surface area contributed by atoms with E-state index < -0.39 is 0 Å². The van der Waals surface area contributed by atoms with Gasteiger partial charge in [0.1, 0.15) is 5.69 Å². The summed E-state index contributed by atoms with van der Waals surface area (Å²) in [6, 6.07) is 10.4. The molecule has 1 aromatic carbocycles. The molecule has 0 aliphatic rings. The summed E-state index contributed by atoms with van der Waals surface area (Å²) in [4.78, 5) is 1.72. The Kier molecular flexibility index (Phi) is 4.45. The van der Waals surface area contributed by atoms with Gasteiger partial charge in [-0.1, -0.05) is 30.3 Å². The first-order valence-corrected chi connectivity index (χ1v) is 5.24. The van der Waals surface area contributed by atoms with Crippen molar-refractivity contribution in [1.82, 2.24) is 15.0 Å². The van der Waals surface area contributed by atoms with Crippen molar-refractivity contribution in [3.63, 3.8) is 0 Å². The minimum absolute atomic E-state index is 0.312. The first-order valence-electron chi connectivity index (χ1n) is 5.24. The molecule has 1 aromatic heterocycles. The Hall–Kier alpha value is -1.90. The zero-order valence-corrected chi connectivity index (χ0v) is 9.80. The van der Waals surface area contributed by atoms with Crippen molar-refractivity contribution in [3.8, 4) is 11.3 Å². The Balaban J connectivity index is 0.000000606. The Labute approximate surface area is 96.4 Å². The lowest BCUT2D eigenvalue weighted by molar-refractivity contribution is 0.467. The fraction of sp³-hybridized carbons (Fsp3) is 0.231. The number of hydrogen-bond acceptors (Lipinski definition) is 2. The van der Waals surface area contributed by atoms with E-state index in [2.05, 4.69) is 37.2 Å². The summed E-state index contributed by atoms with van der Waals surface area (Å²) in [6.07, 6.45) is 1.80. The third-order valence-electron chi connectivity index (χ3n) is 2.04. The van der Waals surface area contributed by atoms with Crippen molar-refractivity contribution in [2.75, 3.05) is 0 Å². The van der Waals surface area contributed by atoms with Gasteiger partial charge in [0.25, 0.3) is 0 Å². The quantitative estimate of drug-likeness (QED) is 0.719. The van der Waals surface area contributed by atoms with E-state index in [4.69, 9.17) is 0 Å². The molecule has 84 valence electrons. The van der Waals surface area contributed by atoms with Crippen LogP contribution in [0.2, 0.25) is 0 Å². The van der Waals surface area contributed by atoms with E-state index in [-0.39, 0.29) is 0 Å². The summed E-state index contributed by atoms with van der Waals surface area (Å²) < 4.78 is 0. The van der Waals surface area contributed by atoms with Gasteiger partial charge in [-0.3, -0.25) is 0 Å². The van der Waals surface area contributed by atoms with Gasteiger partial charge in [-0.05, 0) is 13.8 Å². The van der Waals surface area contributed by atoms with Gasteiger partial charge in [-0.2, -0.15) is 15.0 Å². The molecule has 0 bridgehead atoms. The summed E-state index contributed by atoms with van der Waals surface area (Å²) in [5, 5.41) is 8.58. The first kappa shape index (κ1) is 12.2. The van der Waals surface area contributed by atoms with Gasteiger partial charge in [0.15, 0.2) is 0 Å². The SMILES string of the molecule is C=C.CC(C)n1ncc(-c2ccccc2)n1. The second-order valence-corrected chi connectivity index (χ2v) is 3.51. The lowest BCUT2D eigenvalue weighted by Gasteiger charge is -2.01. The van der Waals surface area contributed by atoms with Gasteiger partial charge in [-0.25, -0.2) is 0 Å². The minimum Gasteiger partial charge on any atom is -0.182 e. The van der Waals surface area contributed by atoms with Gasteiger partial charge >= 0.3 is 0 Å². The van der Waals surface area contributed by atoms with Crippen molar-refractivity contribution < 1.29 is 0 Å². The van der Waals surface area contributed by atoms with Gasteiger partial charge in [-0.15, -0.1) is 13.2 Å². The van der Waals surface area contributed by atoms with Crippen LogP contribution >= 0.6 is 0 Å². The molecule has 0 aliphatic carbocycles. The summed E-state index contributed by atoms with van der Waals surface area (Å²) in [6.45, 7) is 10.1. The fourth-order valence-corrected chi connectivity index (χ4v) is 1.27. The molecule has 0 spiro atoms. The van der Waals surface area contributed by atoms with Crippen molar-refractivity contribution in [2.24, 2.45) is 0 Å². The number of aromatic nitrogens is 3. The van der Waals surface area contributed by atoms with E-state index in [1.54, 1.807) is 11.0 Å². The molecule has 3 nitrogen and oxygen atoms in total. The highest BCUT2D eigenvalue weighted by Crippen LogP contribution is 2.15. The molecule has 16 heavy (non-hydrogen) atoms. The average Bonchev–Trinajstić information content (AvgIpc) is 2.82. The van der Waals surface area contributed by atoms with E-state index in [0.29, 0.717) is 6.04 Å². The molecule has 0 fully saturated rings. The third-order valence-corrected chi connectivity index (χ3v) is 2.04. The molecule has 0 saturated carbocycles. The fourth-order valence-electron chi connectivity index (χ4n) is 1.27. The van der Waals surface area contributed by atoms with Crippen LogP contribution in [0.5, 0.6) is 0 Å². The Bertz CT molecular complexity index is 418. The van der Waals surface area contributed by atoms with E-state index in [1.165, 1.54) is 0 Å². The molecular weight excluding hydrogens is 198 g/mol. The Morgan fingerprint density at radius 2 is 1.75 bits per heavy atom. The molecule has 0 atom stereocenters. The van der Waals surface area contributed by atoms with Gasteiger partial charge in [0, 0.05) is 5.56 Å². The minimum atomic E-state index is 0.312. The first-order chi connectivity index (χ1) is 7.77. The van der Waals surface area contributed by atoms with Crippen LogP contribution < -0.4 is 0 Å². The second kappa shape index (κ2) is 5.85. The molecule has 0 amide bonds. The zero-order chi connectivity index (χ0) is 12.0. The maximum absolute atomic E-state index is 4.39. The van der Waals surface area contributed by atoms with Crippen molar-refractivity contribution in [1.29, 1.82) is 0 Å². The number of benzene rings is 1. The van der Waals surface area contributed by atoms with Crippen LogP contribution in [-0.2, 0) is 0 Å². The molecule has 1 heterocycles. The van der Waals surface area contributed by atoms with Crippen LogP contribution in [0.1, 0.15) is 19.9 Å². The van der Waals surface area contributed by atoms with Crippen LogP contribution in [0.25, 0.3) is 11.3 Å². The molecule has 0 N–H and O–H groups in total. The largest absolute Gasteiger partial charge is 0.182 e. The summed E-state index contributed by atoms with van der Waals surface area (Å²) >= 11 is 0. The van der Waals surface area contributed by atoms with Crippen molar-refractivity contribution >= 4 is 0 Å². The van der Waals surface area contributed by atoms with Crippen LogP contribution in [-0.4, -0.2) is 15.0 Å². The molecule has 0 radical (unpaired) electrons. The van der Waals surface area contributed by atoms with Crippen LogP contribution in [0.15, 0.2) is 49.7 Å². The smallest absolute Gasteiger partial charge is 0.113 e. The van der Waals surface area contributed by atoms with Crippen molar-refractivity contribution in [2.45, 2.75) is 19.9 Å². The summed E-state index contributed by atoms with van der Waals surface area (Å²) in [7, 11) is 0.